The molecule has 2 aliphatic rings. The van der Waals surface area contributed by atoms with Gasteiger partial charge in [0, 0.05) is 12.5 Å². The molecule has 0 aromatic rings. The molecule has 1 aliphatic heterocycles. The minimum atomic E-state index is -0.339. The molecule has 2 rings (SSSR count). The average Bonchev–Trinajstić information content (AvgIpc) is 2.62. The maximum Gasteiger partial charge on any atom is 0.235 e. The Morgan fingerprint density at radius 2 is 1.67 bits per heavy atom. The van der Waals surface area contributed by atoms with Crippen molar-refractivity contribution in [1.29, 1.82) is 0 Å². The van der Waals surface area contributed by atoms with Crippen molar-refractivity contribution >= 4 is 11.8 Å². The fourth-order valence-corrected chi connectivity index (χ4v) is 4.16. The molecule has 2 bridgehead atoms. The van der Waals surface area contributed by atoms with Crippen molar-refractivity contribution in [2.24, 2.45) is 16.7 Å². The summed E-state index contributed by atoms with van der Waals surface area (Å²) in [6.45, 7) is 9.11. The standard InChI is InChI=1S/C18H31NO2/c1-5-6-7-8-9-10-13-19-15(20)14-11-12-18(4,16(19)21)17(14,2)3/h14H,5-13H2,1-4H3/t14-,18+/m1/s1. The molecule has 2 amide bonds. The van der Waals surface area contributed by atoms with Crippen LogP contribution in [0.25, 0.3) is 0 Å². The van der Waals surface area contributed by atoms with Gasteiger partial charge in [0.05, 0.1) is 5.41 Å². The van der Waals surface area contributed by atoms with Crippen LogP contribution in [-0.4, -0.2) is 23.3 Å². The Hall–Kier alpha value is -0.860. The van der Waals surface area contributed by atoms with Crippen LogP contribution in [0.3, 0.4) is 0 Å². The fraction of sp³-hybridized carbons (Fsp3) is 0.889. The first-order valence-corrected chi connectivity index (χ1v) is 8.72. The molecule has 2 fully saturated rings. The quantitative estimate of drug-likeness (QED) is 0.522. The topological polar surface area (TPSA) is 37.4 Å². The number of imide groups is 1. The van der Waals surface area contributed by atoms with Crippen LogP contribution in [0.4, 0.5) is 0 Å². The molecule has 1 aliphatic carbocycles. The van der Waals surface area contributed by atoms with Crippen molar-refractivity contribution in [2.45, 2.75) is 79.1 Å². The van der Waals surface area contributed by atoms with E-state index in [4.69, 9.17) is 0 Å². The number of amides is 2. The molecular weight excluding hydrogens is 262 g/mol. The number of hydrogen-bond donors (Lipinski definition) is 0. The van der Waals surface area contributed by atoms with E-state index in [1.54, 1.807) is 4.90 Å². The Kier molecular flexibility index (Phi) is 4.79. The predicted molar refractivity (Wildman–Crippen MR) is 84.7 cm³/mol. The van der Waals surface area contributed by atoms with E-state index in [1.165, 1.54) is 25.7 Å². The van der Waals surface area contributed by atoms with Gasteiger partial charge in [0.2, 0.25) is 11.8 Å². The lowest BCUT2D eigenvalue weighted by molar-refractivity contribution is -0.167. The van der Waals surface area contributed by atoms with Gasteiger partial charge in [0.1, 0.15) is 0 Å². The van der Waals surface area contributed by atoms with E-state index in [2.05, 4.69) is 27.7 Å². The lowest BCUT2D eigenvalue weighted by Gasteiger charge is -2.47. The van der Waals surface area contributed by atoms with Crippen molar-refractivity contribution in [3.8, 4) is 0 Å². The smallest absolute Gasteiger partial charge is 0.235 e. The van der Waals surface area contributed by atoms with Gasteiger partial charge < -0.3 is 0 Å². The van der Waals surface area contributed by atoms with Crippen LogP contribution in [0.15, 0.2) is 0 Å². The van der Waals surface area contributed by atoms with Crippen LogP contribution in [0.2, 0.25) is 0 Å². The Labute approximate surface area is 129 Å². The normalized spacial score (nSPS) is 31.0. The van der Waals surface area contributed by atoms with Gasteiger partial charge in [-0.2, -0.15) is 0 Å². The van der Waals surface area contributed by atoms with Gasteiger partial charge in [-0.05, 0) is 24.7 Å². The minimum absolute atomic E-state index is 0.0419. The van der Waals surface area contributed by atoms with Crippen LogP contribution >= 0.6 is 0 Å². The zero-order chi connectivity index (χ0) is 15.7. The van der Waals surface area contributed by atoms with Crippen molar-refractivity contribution in [1.82, 2.24) is 4.90 Å². The molecule has 3 heteroatoms. The number of carbonyl (C=O) groups excluding carboxylic acids is 2. The Morgan fingerprint density at radius 1 is 1.05 bits per heavy atom. The molecule has 0 unspecified atom stereocenters. The average molecular weight is 293 g/mol. The van der Waals surface area contributed by atoms with E-state index in [9.17, 15) is 9.59 Å². The number of likely N-dealkylation sites (tertiary alicyclic amines) is 1. The third-order valence-corrected chi connectivity index (χ3v) is 6.24. The number of fused-ring (bicyclic) bond motifs is 2. The summed E-state index contributed by atoms with van der Waals surface area (Å²) in [7, 11) is 0. The van der Waals surface area contributed by atoms with Gasteiger partial charge in [-0.25, -0.2) is 0 Å². The maximum absolute atomic E-state index is 12.8. The van der Waals surface area contributed by atoms with Gasteiger partial charge in [0.25, 0.3) is 0 Å². The number of rotatable bonds is 7. The van der Waals surface area contributed by atoms with Gasteiger partial charge in [-0.15, -0.1) is 0 Å². The predicted octanol–water partition coefficient (Wildman–Crippen LogP) is 4.16. The summed E-state index contributed by atoms with van der Waals surface area (Å²) < 4.78 is 0. The van der Waals surface area contributed by atoms with Crippen LogP contribution < -0.4 is 0 Å². The SMILES string of the molecule is CCCCCCCCN1C(=O)[C@H]2CC[C@@](C)(C1=O)C2(C)C. The number of carbonyl (C=O) groups is 2. The molecule has 0 aromatic carbocycles. The highest BCUT2D eigenvalue weighted by Crippen LogP contribution is 2.60. The highest BCUT2D eigenvalue weighted by atomic mass is 16.2. The number of piperidine rings is 1. The van der Waals surface area contributed by atoms with Gasteiger partial charge >= 0.3 is 0 Å². The second-order valence-electron chi connectivity index (χ2n) is 7.71. The molecule has 0 N–H and O–H groups in total. The highest BCUT2D eigenvalue weighted by Gasteiger charge is 2.64. The van der Waals surface area contributed by atoms with E-state index in [0.29, 0.717) is 6.54 Å². The van der Waals surface area contributed by atoms with Crippen LogP contribution in [0.5, 0.6) is 0 Å². The minimum Gasteiger partial charge on any atom is -0.282 e. The summed E-state index contributed by atoms with van der Waals surface area (Å²) in [6, 6.07) is 0. The number of nitrogens with zero attached hydrogens (tertiary/aromatic N) is 1. The third-order valence-electron chi connectivity index (χ3n) is 6.24. The largest absolute Gasteiger partial charge is 0.282 e. The van der Waals surface area contributed by atoms with E-state index >= 15 is 0 Å². The van der Waals surface area contributed by atoms with Crippen molar-refractivity contribution in [2.75, 3.05) is 6.54 Å². The van der Waals surface area contributed by atoms with Gasteiger partial charge in [-0.1, -0.05) is 59.8 Å². The number of unbranched alkanes of at least 4 members (excludes halogenated alkanes) is 5. The summed E-state index contributed by atoms with van der Waals surface area (Å²) >= 11 is 0. The zero-order valence-corrected chi connectivity index (χ0v) is 14.2. The lowest BCUT2D eigenvalue weighted by Crippen LogP contribution is -2.59. The second-order valence-corrected chi connectivity index (χ2v) is 7.71. The molecule has 0 aromatic heterocycles. The summed E-state index contributed by atoms with van der Waals surface area (Å²) in [6.07, 6.45) is 8.85. The van der Waals surface area contributed by atoms with Crippen LogP contribution in [-0.2, 0) is 9.59 Å². The van der Waals surface area contributed by atoms with E-state index in [1.807, 2.05) is 0 Å². The molecule has 120 valence electrons. The maximum atomic E-state index is 12.8. The Balaban J connectivity index is 1.93. The molecule has 0 spiro atoms. The summed E-state index contributed by atoms with van der Waals surface area (Å²) in [5.74, 6) is 0.216. The van der Waals surface area contributed by atoms with E-state index < -0.39 is 0 Å². The molecule has 1 saturated carbocycles. The second kappa shape index (κ2) is 6.10. The zero-order valence-electron chi connectivity index (χ0n) is 14.2. The molecular formula is C18H31NO2. The molecule has 21 heavy (non-hydrogen) atoms. The summed E-state index contributed by atoms with van der Waals surface area (Å²) in [4.78, 5) is 27.0. The highest BCUT2D eigenvalue weighted by molar-refractivity contribution is 6.03. The molecule has 2 atom stereocenters. The number of hydrogen-bond acceptors (Lipinski definition) is 2. The van der Waals surface area contributed by atoms with E-state index in [-0.39, 0.29) is 28.6 Å². The van der Waals surface area contributed by atoms with Crippen LogP contribution in [0.1, 0.15) is 79.1 Å². The first-order valence-electron chi connectivity index (χ1n) is 8.72. The summed E-state index contributed by atoms with van der Waals surface area (Å²) in [5.41, 5.74) is -0.521. The molecule has 3 nitrogen and oxygen atoms in total. The van der Waals surface area contributed by atoms with Crippen LogP contribution in [0, 0.1) is 16.7 Å². The molecule has 1 heterocycles. The van der Waals surface area contributed by atoms with E-state index in [0.717, 1.165) is 25.7 Å². The fourth-order valence-electron chi connectivity index (χ4n) is 4.16. The monoisotopic (exact) mass is 293 g/mol. The van der Waals surface area contributed by atoms with Crippen molar-refractivity contribution in [3.05, 3.63) is 0 Å². The van der Waals surface area contributed by atoms with Crippen molar-refractivity contribution in [3.63, 3.8) is 0 Å². The Morgan fingerprint density at radius 3 is 2.33 bits per heavy atom. The lowest BCUT2D eigenvalue weighted by atomic mass is 9.62. The van der Waals surface area contributed by atoms with Crippen molar-refractivity contribution < 1.29 is 9.59 Å². The molecule has 0 radical (unpaired) electrons. The van der Waals surface area contributed by atoms with Gasteiger partial charge in [-0.3, -0.25) is 14.5 Å². The third kappa shape index (κ3) is 2.64. The first kappa shape index (κ1) is 16.5. The summed E-state index contributed by atoms with van der Waals surface area (Å²) in [5, 5.41) is 0. The Bertz CT molecular complexity index is 415. The molecule has 1 saturated heterocycles. The van der Waals surface area contributed by atoms with Gasteiger partial charge in [0.15, 0.2) is 0 Å². The first-order chi connectivity index (χ1) is 9.86.